The summed E-state index contributed by atoms with van der Waals surface area (Å²) in [5.74, 6) is 0. The third-order valence-corrected chi connectivity index (χ3v) is 10.8. The Balaban J connectivity index is 0.00000160. The molecule has 0 unspecified atom stereocenters. The molecule has 131 valence electrons. The number of fused-ring (bicyclic) bond motifs is 10. The number of aryl methyl sites for hydroxylation is 1. The van der Waals surface area contributed by atoms with Gasteiger partial charge in [-0.3, -0.25) is 0 Å². The van der Waals surface area contributed by atoms with Gasteiger partial charge in [0.2, 0.25) is 0 Å². The van der Waals surface area contributed by atoms with Crippen LogP contribution in [0.4, 0.5) is 0 Å². The third-order valence-electron chi connectivity index (χ3n) is 5.89. The van der Waals surface area contributed by atoms with Crippen molar-refractivity contribution in [2.45, 2.75) is 6.92 Å². The first kappa shape index (κ1) is 16.8. The molecule has 0 N–H and O–H groups in total. The largest absolute Gasteiger partial charge is 0.305 e. The van der Waals surface area contributed by atoms with Crippen LogP contribution in [-0.2, 0) is 20.1 Å². The van der Waals surface area contributed by atoms with E-state index in [4.69, 9.17) is 4.98 Å². The number of benzene rings is 3. The molecule has 27 heavy (non-hydrogen) atoms. The summed E-state index contributed by atoms with van der Waals surface area (Å²) in [7, 11) is -2.28. The minimum absolute atomic E-state index is 0. The summed E-state index contributed by atoms with van der Waals surface area (Å²) in [4.78, 5) is 4.80. The summed E-state index contributed by atoms with van der Waals surface area (Å²) in [6.45, 7) is 2.17. The van der Waals surface area contributed by atoms with E-state index in [9.17, 15) is 0 Å². The van der Waals surface area contributed by atoms with Gasteiger partial charge in [-0.1, -0.05) is 66.7 Å². The van der Waals surface area contributed by atoms with E-state index in [2.05, 4.69) is 85.8 Å². The molecule has 0 bridgehead atoms. The summed E-state index contributed by atoms with van der Waals surface area (Å²) >= 11 is 0. The van der Waals surface area contributed by atoms with E-state index in [0.29, 0.717) is 0 Å². The first-order valence-electron chi connectivity index (χ1n) is 9.00. The molecule has 0 saturated carbocycles. The number of rotatable bonds is 0. The van der Waals surface area contributed by atoms with Crippen molar-refractivity contribution in [3.8, 4) is 22.4 Å². The Hall–Kier alpha value is -2.32. The predicted octanol–water partition coefficient (Wildman–Crippen LogP) is 2.53. The number of nitrogens with zero attached hydrogens (tertiary/aromatic N) is 1. The number of aromatic nitrogens is 1. The van der Waals surface area contributed by atoms with Crippen LogP contribution in [0, 0.1) is 13.0 Å². The maximum Gasteiger partial charge on any atom is 0.128 e. The molecule has 1 nitrogen and oxygen atoms in total. The fourth-order valence-electron chi connectivity index (χ4n) is 4.96. The second-order valence-electron chi connectivity index (χ2n) is 7.21. The number of hydrogen-bond donors (Lipinski definition) is 0. The van der Waals surface area contributed by atoms with Crippen molar-refractivity contribution in [3.63, 3.8) is 0 Å². The van der Waals surface area contributed by atoms with Crippen LogP contribution in [0.5, 0.6) is 0 Å². The maximum atomic E-state index is 4.80. The standard InChI is InChI=1S/C24H16NSi.Ir/c1-16-12-13-19-23(15-16)26(22-11-6-14-25-24(19)22)20-9-4-2-7-17(20)18-8-3-5-10-21(18)26;/h2-12,14-15H,1H3;/q-1;. The SMILES string of the molecule is Cc1c[c-]c2c(c1)[Si]1(c3ccccc3-c3ccccc31)c1cccnc1-2.[Ir]. The Labute approximate surface area is 173 Å². The summed E-state index contributed by atoms with van der Waals surface area (Å²) in [5.41, 5.74) is 6.37. The van der Waals surface area contributed by atoms with E-state index < -0.39 is 8.07 Å². The maximum absolute atomic E-state index is 4.80. The molecule has 4 aromatic rings. The molecule has 0 saturated heterocycles. The van der Waals surface area contributed by atoms with E-state index in [-0.39, 0.29) is 20.1 Å². The van der Waals surface area contributed by atoms with E-state index in [1.807, 2.05) is 6.20 Å². The Morgan fingerprint density at radius 3 is 2.11 bits per heavy atom. The number of pyridine rings is 1. The van der Waals surface area contributed by atoms with Gasteiger partial charge in [0.05, 0.1) is 0 Å². The molecule has 3 aromatic carbocycles. The summed E-state index contributed by atoms with van der Waals surface area (Å²) < 4.78 is 0. The third kappa shape index (κ3) is 1.94. The van der Waals surface area contributed by atoms with Crippen LogP contribution in [0.2, 0.25) is 0 Å². The van der Waals surface area contributed by atoms with Crippen LogP contribution in [0.3, 0.4) is 0 Å². The zero-order valence-electron chi connectivity index (χ0n) is 14.8. The second kappa shape index (κ2) is 5.84. The molecule has 3 heterocycles. The van der Waals surface area contributed by atoms with Crippen molar-refractivity contribution in [1.82, 2.24) is 4.98 Å². The smallest absolute Gasteiger partial charge is 0.128 e. The topological polar surface area (TPSA) is 12.9 Å². The fourth-order valence-corrected chi connectivity index (χ4v) is 10.5. The van der Waals surface area contributed by atoms with Crippen LogP contribution in [0.25, 0.3) is 22.4 Å². The molecule has 1 radical (unpaired) electrons. The Morgan fingerprint density at radius 2 is 1.41 bits per heavy atom. The molecular weight excluding hydrogens is 523 g/mol. The molecule has 1 spiro atoms. The summed E-state index contributed by atoms with van der Waals surface area (Å²) in [6.07, 6.45) is 1.91. The Morgan fingerprint density at radius 1 is 0.778 bits per heavy atom. The van der Waals surface area contributed by atoms with E-state index in [0.717, 1.165) is 5.69 Å². The average molecular weight is 539 g/mol. The van der Waals surface area contributed by atoms with Crippen molar-refractivity contribution in [3.05, 3.63) is 90.6 Å². The Bertz CT molecular complexity index is 1150. The minimum atomic E-state index is -2.28. The van der Waals surface area contributed by atoms with Gasteiger partial charge in [0.25, 0.3) is 0 Å². The normalized spacial score (nSPS) is 14.1. The van der Waals surface area contributed by atoms with Crippen molar-refractivity contribution in [2.75, 3.05) is 0 Å². The molecule has 1 aromatic heterocycles. The Kier molecular flexibility index (Phi) is 3.64. The van der Waals surface area contributed by atoms with Gasteiger partial charge < -0.3 is 4.98 Å². The zero-order chi connectivity index (χ0) is 17.3. The van der Waals surface area contributed by atoms with Gasteiger partial charge in [-0.25, -0.2) is 0 Å². The van der Waals surface area contributed by atoms with Crippen LogP contribution in [-0.4, -0.2) is 13.1 Å². The van der Waals surface area contributed by atoms with Crippen molar-refractivity contribution in [2.24, 2.45) is 0 Å². The molecule has 2 aliphatic heterocycles. The molecule has 0 amide bonds. The monoisotopic (exact) mass is 539 g/mol. The van der Waals surface area contributed by atoms with Crippen LogP contribution < -0.4 is 20.7 Å². The van der Waals surface area contributed by atoms with Gasteiger partial charge in [0.15, 0.2) is 0 Å². The minimum Gasteiger partial charge on any atom is -0.305 e. The van der Waals surface area contributed by atoms with Crippen molar-refractivity contribution >= 4 is 28.8 Å². The quantitative estimate of drug-likeness (QED) is 0.214. The first-order chi connectivity index (χ1) is 12.8. The number of hydrogen-bond acceptors (Lipinski definition) is 1. The molecular formula is C24H16IrNSi-. The summed E-state index contributed by atoms with van der Waals surface area (Å²) in [5, 5.41) is 5.85. The molecule has 0 fully saturated rings. The fraction of sp³-hybridized carbons (Fsp3) is 0.0417. The van der Waals surface area contributed by atoms with Crippen LogP contribution in [0.1, 0.15) is 5.56 Å². The predicted molar refractivity (Wildman–Crippen MR) is 109 cm³/mol. The van der Waals surface area contributed by atoms with Gasteiger partial charge in [-0.2, -0.15) is 0 Å². The van der Waals surface area contributed by atoms with Crippen LogP contribution >= 0.6 is 0 Å². The molecule has 2 aliphatic rings. The van der Waals surface area contributed by atoms with Crippen molar-refractivity contribution in [1.29, 1.82) is 0 Å². The molecule has 6 rings (SSSR count). The molecule has 0 atom stereocenters. The van der Waals surface area contributed by atoms with Gasteiger partial charge >= 0.3 is 0 Å². The zero-order valence-corrected chi connectivity index (χ0v) is 18.2. The molecule has 3 heteroatoms. The van der Waals surface area contributed by atoms with Gasteiger partial charge in [-0.05, 0) is 33.3 Å². The van der Waals surface area contributed by atoms with E-state index >= 15 is 0 Å². The van der Waals surface area contributed by atoms with E-state index in [1.165, 1.54) is 43.0 Å². The van der Waals surface area contributed by atoms with Gasteiger partial charge in [0, 0.05) is 26.3 Å². The van der Waals surface area contributed by atoms with Gasteiger partial charge in [0.1, 0.15) is 8.07 Å². The van der Waals surface area contributed by atoms with E-state index in [1.54, 1.807) is 0 Å². The van der Waals surface area contributed by atoms with Crippen molar-refractivity contribution < 1.29 is 20.1 Å². The second-order valence-corrected chi connectivity index (χ2v) is 10.9. The van der Waals surface area contributed by atoms with Gasteiger partial charge in [-0.15, -0.1) is 34.5 Å². The molecule has 0 aliphatic carbocycles. The summed E-state index contributed by atoms with van der Waals surface area (Å²) in [6, 6.07) is 30.4. The first-order valence-corrected chi connectivity index (χ1v) is 11.0. The van der Waals surface area contributed by atoms with Crippen LogP contribution in [0.15, 0.2) is 79.0 Å². The average Bonchev–Trinajstić information content (AvgIpc) is 3.15.